The van der Waals surface area contributed by atoms with Gasteiger partial charge in [-0.25, -0.2) is 12.7 Å². The van der Waals surface area contributed by atoms with Crippen LogP contribution < -0.4 is 10.2 Å². The van der Waals surface area contributed by atoms with Gasteiger partial charge >= 0.3 is 0 Å². The van der Waals surface area contributed by atoms with Crippen LogP contribution in [-0.2, 0) is 26.0 Å². The molecule has 8 heteroatoms. The molecule has 2 amide bonds. The average molecular weight is 416 g/mol. The van der Waals surface area contributed by atoms with E-state index in [4.69, 9.17) is 0 Å². The maximum Gasteiger partial charge on any atom is 0.242 e. The smallest absolute Gasteiger partial charge is 0.242 e. The van der Waals surface area contributed by atoms with Crippen molar-refractivity contribution in [3.63, 3.8) is 0 Å². The number of carbonyl (C=O) groups is 2. The van der Waals surface area contributed by atoms with Gasteiger partial charge in [0.2, 0.25) is 21.8 Å². The lowest BCUT2D eigenvalue weighted by atomic mass is 10.1. The van der Waals surface area contributed by atoms with E-state index in [9.17, 15) is 18.0 Å². The fraction of sp³-hybridized carbons (Fsp3) is 0.333. The predicted octanol–water partition coefficient (Wildman–Crippen LogP) is 2.49. The second kappa shape index (κ2) is 8.34. The van der Waals surface area contributed by atoms with Crippen LogP contribution in [0.1, 0.15) is 18.9 Å². The number of anilines is 2. The first kappa shape index (κ1) is 21.0. The third kappa shape index (κ3) is 4.49. The van der Waals surface area contributed by atoms with Crippen molar-refractivity contribution >= 4 is 33.2 Å². The highest BCUT2D eigenvalue weighted by molar-refractivity contribution is 7.89. The molecule has 1 atom stereocenters. The van der Waals surface area contributed by atoms with E-state index in [1.807, 2.05) is 24.3 Å². The molecule has 0 unspecified atom stereocenters. The highest BCUT2D eigenvalue weighted by Gasteiger charge is 2.35. The Morgan fingerprint density at radius 2 is 1.86 bits per heavy atom. The summed E-state index contributed by atoms with van der Waals surface area (Å²) in [6.07, 6.45) is 1.04. The molecule has 0 spiro atoms. The van der Waals surface area contributed by atoms with Gasteiger partial charge in [0.25, 0.3) is 0 Å². The van der Waals surface area contributed by atoms with E-state index in [0.29, 0.717) is 12.2 Å². The zero-order valence-corrected chi connectivity index (χ0v) is 17.6. The third-order valence-corrected chi connectivity index (χ3v) is 6.84. The zero-order valence-electron chi connectivity index (χ0n) is 16.8. The molecular formula is C21H25N3O4S. The first-order chi connectivity index (χ1) is 13.7. The fourth-order valence-electron chi connectivity index (χ4n) is 3.23. The molecule has 3 rings (SSSR count). The molecule has 1 N–H and O–H groups in total. The summed E-state index contributed by atoms with van der Waals surface area (Å²) in [7, 11) is -0.692. The van der Waals surface area contributed by atoms with Crippen LogP contribution in [0.2, 0.25) is 0 Å². The van der Waals surface area contributed by atoms with Gasteiger partial charge in [-0.2, -0.15) is 0 Å². The van der Waals surface area contributed by atoms with Gasteiger partial charge < -0.3 is 10.2 Å². The minimum atomic E-state index is -3.59. The van der Waals surface area contributed by atoms with Crippen LogP contribution in [0.4, 0.5) is 11.4 Å². The Labute approximate surface area is 171 Å². The van der Waals surface area contributed by atoms with Crippen LogP contribution >= 0.6 is 0 Å². The summed E-state index contributed by atoms with van der Waals surface area (Å²) >= 11 is 0. The van der Waals surface area contributed by atoms with Crippen molar-refractivity contribution in [2.24, 2.45) is 5.92 Å². The highest BCUT2D eigenvalue weighted by Crippen LogP contribution is 2.27. The van der Waals surface area contributed by atoms with Crippen LogP contribution in [0.3, 0.4) is 0 Å². The van der Waals surface area contributed by atoms with Crippen molar-refractivity contribution in [2.45, 2.75) is 24.7 Å². The second-order valence-corrected chi connectivity index (χ2v) is 9.38. The zero-order chi connectivity index (χ0) is 21.2. The van der Waals surface area contributed by atoms with Gasteiger partial charge in [0.15, 0.2) is 0 Å². The molecular weight excluding hydrogens is 390 g/mol. The van der Waals surface area contributed by atoms with Crippen LogP contribution in [-0.4, -0.2) is 45.2 Å². The van der Waals surface area contributed by atoms with Gasteiger partial charge in [-0.05, 0) is 42.3 Å². The number of nitrogens with one attached hydrogen (secondary N) is 1. The molecule has 2 aromatic rings. The van der Waals surface area contributed by atoms with Crippen molar-refractivity contribution in [3.05, 3.63) is 54.1 Å². The Bertz CT molecular complexity index is 1020. The fourth-order valence-corrected chi connectivity index (χ4v) is 4.18. The number of hydrogen-bond acceptors (Lipinski definition) is 4. The molecule has 0 bridgehead atoms. The third-order valence-electron chi connectivity index (χ3n) is 5.03. The van der Waals surface area contributed by atoms with E-state index >= 15 is 0 Å². The Hall–Kier alpha value is -2.71. The molecule has 1 heterocycles. The second-order valence-electron chi connectivity index (χ2n) is 7.23. The average Bonchev–Trinajstić information content (AvgIpc) is 3.10. The van der Waals surface area contributed by atoms with Crippen LogP contribution in [0.25, 0.3) is 0 Å². The monoisotopic (exact) mass is 415 g/mol. The minimum absolute atomic E-state index is 0.0976. The van der Waals surface area contributed by atoms with Crippen molar-refractivity contribution in [2.75, 3.05) is 30.9 Å². The van der Waals surface area contributed by atoms with Gasteiger partial charge in [0, 0.05) is 38.4 Å². The molecule has 0 saturated carbocycles. The van der Waals surface area contributed by atoms with E-state index in [2.05, 4.69) is 12.2 Å². The minimum Gasteiger partial charge on any atom is -0.326 e. The van der Waals surface area contributed by atoms with E-state index in [1.54, 1.807) is 17.0 Å². The van der Waals surface area contributed by atoms with Crippen molar-refractivity contribution in [3.8, 4) is 0 Å². The van der Waals surface area contributed by atoms with Crippen LogP contribution in [0.15, 0.2) is 53.4 Å². The number of sulfonamides is 1. The molecule has 1 saturated heterocycles. The maximum atomic E-state index is 12.7. The van der Waals surface area contributed by atoms with Gasteiger partial charge in [0.05, 0.1) is 10.8 Å². The summed E-state index contributed by atoms with van der Waals surface area (Å²) in [4.78, 5) is 26.8. The van der Waals surface area contributed by atoms with E-state index < -0.39 is 15.9 Å². The largest absolute Gasteiger partial charge is 0.326 e. The molecule has 0 aromatic heterocycles. The number of aryl methyl sites for hydroxylation is 1. The lowest BCUT2D eigenvalue weighted by Crippen LogP contribution is -2.28. The van der Waals surface area contributed by atoms with Crippen LogP contribution in [0.5, 0.6) is 0 Å². The molecule has 7 nitrogen and oxygen atoms in total. The number of carbonyl (C=O) groups excluding carboxylic acids is 2. The molecule has 1 aliphatic rings. The van der Waals surface area contributed by atoms with Gasteiger partial charge in [-0.1, -0.05) is 25.1 Å². The highest BCUT2D eigenvalue weighted by atomic mass is 32.2. The Morgan fingerprint density at radius 1 is 1.17 bits per heavy atom. The number of amides is 2. The number of nitrogens with zero attached hydrogens (tertiary/aromatic N) is 2. The quantitative estimate of drug-likeness (QED) is 0.785. The molecule has 0 aliphatic carbocycles. The van der Waals surface area contributed by atoms with Crippen molar-refractivity contribution < 1.29 is 18.0 Å². The number of hydrogen-bond donors (Lipinski definition) is 1. The summed E-state index contributed by atoms with van der Waals surface area (Å²) in [6, 6.07) is 13.9. The standard InChI is InChI=1S/C21H25N3O4S/c1-4-15-8-10-18(11-9-15)24-14-16(12-20(24)25)21(26)22-17-6-5-7-19(13-17)29(27,28)23(2)3/h5-11,13,16H,4,12,14H2,1-3H3,(H,22,26)/t16-/m1/s1. The molecule has 154 valence electrons. The van der Waals surface area contributed by atoms with Gasteiger partial charge in [-0.3, -0.25) is 9.59 Å². The Morgan fingerprint density at radius 3 is 2.48 bits per heavy atom. The van der Waals surface area contributed by atoms with Gasteiger partial charge in [-0.15, -0.1) is 0 Å². The summed E-state index contributed by atoms with van der Waals surface area (Å²) in [5, 5.41) is 2.75. The summed E-state index contributed by atoms with van der Waals surface area (Å²) in [5.74, 6) is -0.897. The van der Waals surface area contributed by atoms with E-state index in [0.717, 1.165) is 16.4 Å². The Kier molecular flexibility index (Phi) is 6.04. The number of benzene rings is 2. The molecule has 1 aliphatic heterocycles. The summed E-state index contributed by atoms with van der Waals surface area (Å²) in [5.41, 5.74) is 2.35. The van der Waals surface area contributed by atoms with Crippen molar-refractivity contribution in [1.82, 2.24) is 4.31 Å². The first-order valence-electron chi connectivity index (χ1n) is 9.45. The Balaban J connectivity index is 1.71. The number of rotatable bonds is 6. The molecule has 2 aromatic carbocycles. The lowest BCUT2D eigenvalue weighted by molar-refractivity contribution is -0.122. The topological polar surface area (TPSA) is 86.8 Å². The summed E-state index contributed by atoms with van der Waals surface area (Å²) in [6.45, 7) is 2.36. The first-order valence-corrected chi connectivity index (χ1v) is 10.9. The molecule has 29 heavy (non-hydrogen) atoms. The maximum absolute atomic E-state index is 12.7. The predicted molar refractivity (Wildman–Crippen MR) is 112 cm³/mol. The lowest BCUT2D eigenvalue weighted by Gasteiger charge is -2.17. The molecule has 1 fully saturated rings. The van der Waals surface area contributed by atoms with Crippen LogP contribution in [0, 0.1) is 5.92 Å². The SMILES string of the molecule is CCc1ccc(N2C[C@H](C(=O)Nc3cccc(S(=O)(=O)N(C)C)c3)CC2=O)cc1. The van der Waals surface area contributed by atoms with Crippen molar-refractivity contribution in [1.29, 1.82) is 0 Å². The van der Waals surface area contributed by atoms with E-state index in [-0.39, 0.29) is 23.1 Å². The summed E-state index contributed by atoms with van der Waals surface area (Å²) < 4.78 is 25.7. The van der Waals surface area contributed by atoms with E-state index in [1.165, 1.54) is 31.8 Å². The molecule has 0 radical (unpaired) electrons. The van der Waals surface area contributed by atoms with Gasteiger partial charge in [0.1, 0.15) is 0 Å². The normalized spacial score (nSPS) is 17.0.